The van der Waals surface area contributed by atoms with Crippen molar-refractivity contribution in [2.75, 3.05) is 0 Å². The highest BCUT2D eigenvalue weighted by Gasteiger charge is 2.30. The smallest absolute Gasteiger partial charge is 0.390 e. The lowest BCUT2D eigenvalue weighted by Gasteiger charge is -2.08. The zero-order valence-electron chi connectivity index (χ0n) is 9.28. The Kier molecular flexibility index (Phi) is 3.34. The molecule has 0 atom stereocenters. The first-order valence-electron chi connectivity index (χ1n) is 5.24. The first kappa shape index (κ1) is 12.6. The van der Waals surface area contributed by atoms with Crippen molar-refractivity contribution in [3.05, 3.63) is 53.9 Å². The molecule has 0 unspecified atom stereocenters. The van der Waals surface area contributed by atoms with Crippen molar-refractivity contribution in [2.24, 2.45) is 0 Å². The maximum absolute atomic E-state index is 12.6. The molecule has 0 bridgehead atoms. The molecule has 5 heteroatoms. The number of hydrogen-bond donors (Lipinski definition) is 1. The van der Waals surface area contributed by atoms with Gasteiger partial charge < -0.3 is 5.11 Å². The highest BCUT2D eigenvalue weighted by molar-refractivity contribution is 5.63. The summed E-state index contributed by atoms with van der Waals surface area (Å²) in [6.07, 6.45) is -2.91. The van der Waals surface area contributed by atoms with Crippen LogP contribution >= 0.6 is 0 Å². The van der Waals surface area contributed by atoms with E-state index in [0.717, 1.165) is 12.1 Å². The highest BCUT2D eigenvalue weighted by Crippen LogP contribution is 2.31. The Bertz CT molecular complexity index is 535. The third kappa shape index (κ3) is 2.68. The summed E-state index contributed by atoms with van der Waals surface area (Å²) >= 11 is 0. The molecule has 0 aliphatic rings. The molecule has 0 saturated carbocycles. The Hall–Kier alpha value is -1.88. The summed E-state index contributed by atoms with van der Waals surface area (Å²) in [5.74, 6) is 0. The Balaban J connectivity index is 2.38. The molecule has 1 N–H and O–H groups in total. The molecule has 0 amide bonds. The molecule has 1 aromatic heterocycles. The Morgan fingerprint density at radius 1 is 1.06 bits per heavy atom. The van der Waals surface area contributed by atoms with Crippen molar-refractivity contribution in [2.45, 2.75) is 12.8 Å². The quantitative estimate of drug-likeness (QED) is 0.891. The molecule has 0 spiro atoms. The van der Waals surface area contributed by atoms with E-state index in [0.29, 0.717) is 16.8 Å². The summed E-state index contributed by atoms with van der Waals surface area (Å²) in [5, 5.41) is 8.84. The number of hydrogen-bond acceptors (Lipinski definition) is 2. The number of alkyl halides is 3. The topological polar surface area (TPSA) is 33.1 Å². The minimum Gasteiger partial charge on any atom is -0.390 e. The summed E-state index contributed by atoms with van der Waals surface area (Å²) in [4.78, 5) is 3.93. The van der Waals surface area contributed by atoms with Crippen LogP contribution < -0.4 is 0 Å². The van der Waals surface area contributed by atoms with Crippen LogP contribution in [0.3, 0.4) is 0 Å². The predicted molar refractivity (Wildman–Crippen MR) is 60.6 cm³/mol. The lowest BCUT2D eigenvalue weighted by molar-refractivity contribution is -0.137. The van der Waals surface area contributed by atoms with Gasteiger partial charge in [0.2, 0.25) is 0 Å². The van der Waals surface area contributed by atoms with Crippen molar-refractivity contribution in [1.82, 2.24) is 4.98 Å². The molecule has 1 heterocycles. The maximum atomic E-state index is 12.6. The van der Waals surface area contributed by atoms with Gasteiger partial charge in [-0.3, -0.25) is 4.98 Å². The summed E-state index contributed by atoms with van der Waals surface area (Å²) in [7, 11) is 0. The average molecular weight is 253 g/mol. The van der Waals surface area contributed by atoms with E-state index in [1.54, 1.807) is 18.2 Å². The molecule has 0 aliphatic carbocycles. The molecule has 0 aliphatic heterocycles. The minimum absolute atomic E-state index is 0.192. The monoisotopic (exact) mass is 253 g/mol. The van der Waals surface area contributed by atoms with Crippen molar-refractivity contribution in [1.29, 1.82) is 0 Å². The number of nitrogens with zero attached hydrogens (tertiary/aromatic N) is 1. The molecule has 1 aromatic carbocycles. The molecule has 2 aromatic rings. The SMILES string of the molecule is OCc1ccc(-c2cccc(C(F)(F)F)c2)cn1. The number of halogens is 3. The highest BCUT2D eigenvalue weighted by atomic mass is 19.4. The van der Waals surface area contributed by atoms with Crippen LogP contribution in [0, 0.1) is 0 Å². The molecule has 0 fully saturated rings. The fourth-order valence-corrected chi connectivity index (χ4v) is 1.56. The van der Waals surface area contributed by atoms with E-state index in [-0.39, 0.29) is 6.61 Å². The van der Waals surface area contributed by atoms with Gasteiger partial charge in [0.05, 0.1) is 17.9 Å². The Morgan fingerprint density at radius 3 is 2.39 bits per heavy atom. The standard InChI is InChI=1S/C13H10F3NO/c14-13(15,16)11-3-1-2-9(6-11)10-4-5-12(8-18)17-7-10/h1-7,18H,8H2. The second-order valence-electron chi connectivity index (χ2n) is 3.77. The average Bonchev–Trinajstić information content (AvgIpc) is 2.38. The van der Waals surface area contributed by atoms with Gasteiger partial charge in [0.25, 0.3) is 0 Å². The molecular formula is C13H10F3NO. The van der Waals surface area contributed by atoms with Gasteiger partial charge >= 0.3 is 6.18 Å². The summed E-state index contributed by atoms with van der Waals surface area (Å²) in [6, 6.07) is 8.27. The van der Waals surface area contributed by atoms with Crippen LogP contribution in [0.5, 0.6) is 0 Å². The lowest BCUT2D eigenvalue weighted by Crippen LogP contribution is -2.04. The third-order valence-corrected chi connectivity index (χ3v) is 2.51. The summed E-state index contributed by atoms with van der Waals surface area (Å²) in [5.41, 5.74) is 0.817. The van der Waals surface area contributed by atoms with Crippen LogP contribution in [0.1, 0.15) is 11.3 Å². The van der Waals surface area contributed by atoms with Crippen LogP contribution in [0.2, 0.25) is 0 Å². The fraction of sp³-hybridized carbons (Fsp3) is 0.154. The van der Waals surface area contributed by atoms with Crippen molar-refractivity contribution in [3.8, 4) is 11.1 Å². The number of aromatic nitrogens is 1. The maximum Gasteiger partial charge on any atom is 0.416 e. The zero-order chi connectivity index (χ0) is 13.2. The Labute approximate surface area is 102 Å². The first-order chi connectivity index (χ1) is 8.50. The number of aliphatic hydroxyl groups is 1. The molecule has 18 heavy (non-hydrogen) atoms. The molecule has 0 radical (unpaired) electrons. The van der Waals surface area contributed by atoms with E-state index in [9.17, 15) is 13.2 Å². The van der Waals surface area contributed by atoms with E-state index in [1.807, 2.05) is 0 Å². The zero-order valence-corrected chi connectivity index (χ0v) is 9.28. The third-order valence-electron chi connectivity index (χ3n) is 2.51. The fourth-order valence-electron chi connectivity index (χ4n) is 1.56. The van der Waals surface area contributed by atoms with E-state index in [4.69, 9.17) is 5.11 Å². The molecule has 0 saturated heterocycles. The van der Waals surface area contributed by atoms with Gasteiger partial charge in [0.1, 0.15) is 0 Å². The van der Waals surface area contributed by atoms with Crippen LogP contribution in [0.25, 0.3) is 11.1 Å². The number of pyridine rings is 1. The van der Waals surface area contributed by atoms with E-state index >= 15 is 0 Å². The first-order valence-corrected chi connectivity index (χ1v) is 5.24. The van der Waals surface area contributed by atoms with Crippen LogP contribution in [0.4, 0.5) is 13.2 Å². The Morgan fingerprint density at radius 2 is 1.83 bits per heavy atom. The van der Waals surface area contributed by atoms with Gasteiger partial charge in [-0.25, -0.2) is 0 Å². The van der Waals surface area contributed by atoms with Gasteiger partial charge in [0.15, 0.2) is 0 Å². The van der Waals surface area contributed by atoms with Gasteiger partial charge in [-0.15, -0.1) is 0 Å². The van der Waals surface area contributed by atoms with Crippen molar-refractivity contribution >= 4 is 0 Å². The van der Waals surface area contributed by atoms with Crippen molar-refractivity contribution < 1.29 is 18.3 Å². The van der Waals surface area contributed by atoms with Gasteiger partial charge in [-0.2, -0.15) is 13.2 Å². The molecule has 94 valence electrons. The minimum atomic E-state index is -4.35. The van der Waals surface area contributed by atoms with Gasteiger partial charge in [-0.05, 0) is 23.8 Å². The largest absolute Gasteiger partial charge is 0.416 e. The second kappa shape index (κ2) is 4.78. The van der Waals surface area contributed by atoms with E-state index in [2.05, 4.69) is 4.98 Å². The van der Waals surface area contributed by atoms with E-state index < -0.39 is 11.7 Å². The second-order valence-corrected chi connectivity index (χ2v) is 3.77. The molecular weight excluding hydrogens is 243 g/mol. The lowest BCUT2D eigenvalue weighted by atomic mass is 10.0. The van der Waals surface area contributed by atoms with Gasteiger partial charge in [0, 0.05) is 11.8 Å². The molecule has 2 rings (SSSR count). The van der Waals surface area contributed by atoms with Crippen LogP contribution in [0.15, 0.2) is 42.6 Å². The van der Waals surface area contributed by atoms with Crippen molar-refractivity contribution in [3.63, 3.8) is 0 Å². The van der Waals surface area contributed by atoms with Gasteiger partial charge in [-0.1, -0.05) is 18.2 Å². The van der Waals surface area contributed by atoms with Crippen LogP contribution in [-0.4, -0.2) is 10.1 Å². The molecule has 2 nitrogen and oxygen atoms in total. The predicted octanol–water partition coefficient (Wildman–Crippen LogP) is 3.26. The normalized spacial score (nSPS) is 11.6. The number of benzene rings is 1. The number of rotatable bonds is 2. The summed E-state index contributed by atoms with van der Waals surface area (Å²) < 4.78 is 37.7. The van der Waals surface area contributed by atoms with Crippen LogP contribution in [-0.2, 0) is 12.8 Å². The van der Waals surface area contributed by atoms with E-state index in [1.165, 1.54) is 12.3 Å². The number of aliphatic hydroxyl groups excluding tert-OH is 1. The summed E-state index contributed by atoms with van der Waals surface area (Å²) in [6.45, 7) is -0.192.